The number of amides is 1. The highest BCUT2D eigenvalue weighted by atomic mass is 127. The fraction of sp³-hybridized carbons (Fsp3) is 0.636. The Morgan fingerprint density at radius 1 is 1.19 bits per heavy atom. The molecule has 2 saturated heterocycles. The Labute approximate surface area is 202 Å². The Morgan fingerprint density at radius 3 is 2.65 bits per heavy atom. The highest BCUT2D eigenvalue weighted by Gasteiger charge is 2.21. The lowest BCUT2D eigenvalue weighted by Crippen LogP contribution is -2.52. The number of anilines is 1. The molecule has 0 bridgehead atoms. The van der Waals surface area contributed by atoms with E-state index in [1.165, 1.54) is 5.69 Å². The second-order valence-electron chi connectivity index (χ2n) is 7.71. The van der Waals surface area contributed by atoms with Crippen molar-refractivity contribution in [2.24, 2.45) is 10.9 Å². The summed E-state index contributed by atoms with van der Waals surface area (Å²) in [4.78, 5) is 21.0. The summed E-state index contributed by atoms with van der Waals surface area (Å²) >= 11 is 0. The summed E-state index contributed by atoms with van der Waals surface area (Å²) in [5.41, 5.74) is 1.22. The molecular formula is C22H36IN5O3. The third-order valence-corrected chi connectivity index (χ3v) is 5.52. The molecule has 2 fully saturated rings. The molecule has 8 nitrogen and oxygen atoms in total. The van der Waals surface area contributed by atoms with E-state index in [9.17, 15) is 4.79 Å². The fourth-order valence-electron chi connectivity index (χ4n) is 3.69. The van der Waals surface area contributed by atoms with Gasteiger partial charge in [0.15, 0.2) is 5.96 Å². The van der Waals surface area contributed by atoms with E-state index in [1.807, 2.05) is 23.1 Å². The van der Waals surface area contributed by atoms with E-state index in [0.717, 1.165) is 65.4 Å². The van der Waals surface area contributed by atoms with Gasteiger partial charge in [-0.25, -0.2) is 0 Å². The topological polar surface area (TPSA) is 78.4 Å². The van der Waals surface area contributed by atoms with Gasteiger partial charge in [0.1, 0.15) is 0 Å². The number of ether oxygens (including phenoxy) is 2. The number of carbonyl (C=O) groups is 1. The van der Waals surface area contributed by atoms with Crippen molar-refractivity contribution in [3.8, 4) is 0 Å². The summed E-state index contributed by atoms with van der Waals surface area (Å²) in [5, 5.41) is 6.36. The van der Waals surface area contributed by atoms with Crippen molar-refractivity contribution in [3.63, 3.8) is 0 Å². The fourth-order valence-corrected chi connectivity index (χ4v) is 3.69. The SMILES string of the molecule is CN=C(NCCCOCC1CCOC1)NCC(=O)N1CCN(c2ccccc2)CC1.I. The second kappa shape index (κ2) is 14.5. The molecule has 3 rings (SSSR count). The summed E-state index contributed by atoms with van der Waals surface area (Å²) < 4.78 is 11.1. The first kappa shape index (κ1) is 25.7. The lowest BCUT2D eigenvalue weighted by Gasteiger charge is -2.36. The van der Waals surface area contributed by atoms with Gasteiger partial charge in [-0.05, 0) is 25.0 Å². The Morgan fingerprint density at radius 2 is 1.97 bits per heavy atom. The molecule has 1 aromatic rings. The molecule has 1 atom stereocenters. The van der Waals surface area contributed by atoms with Crippen LogP contribution in [0.2, 0.25) is 0 Å². The third kappa shape index (κ3) is 8.82. The normalized spacial score (nSPS) is 19.1. The smallest absolute Gasteiger partial charge is 0.242 e. The minimum absolute atomic E-state index is 0. The van der Waals surface area contributed by atoms with E-state index in [1.54, 1.807) is 7.05 Å². The Balaban J connectivity index is 0.00000341. The number of benzene rings is 1. The number of aliphatic imine (C=N–C) groups is 1. The molecule has 174 valence electrons. The van der Waals surface area contributed by atoms with Gasteiger partial charge in [0.2, 0.25) is 5.91 Å². The highest BCUT2D eigenvalue weighted by molar-refractivity contribution is 14.0. The number of hydrogen-bond donors (Lipinski definition) is 2. The molecule has 2 N–H and O–H groups in total. The van der Waals surface area contributed by atoms with Gasteiger partial charge in [-0.2, -0.15) is 0 Å². The molecule has 1 aromatic carbocycles. The number of piperazine rings is 1. The average Bonchev–Trinajstić information content (AvgIpc) is 3.32. The van der Waals surface area contributed by atoms with Crippen LogP contribution in [0.3, 0.4) is 0 Å². The summed E-state index contributed by atoms with van der Waals surface area (Å²) in [5.74, 6) is 1.30. The zero-order chi connectivity index (χ0) is 21.0. The number of guanidine groups is 1. The zero-order valence-corrected chi connectivity index (χ0v) is 20.8. The van der Waals surface area contributed by atoms with Crippen molar-refractivity contribution in [1.29, 1.82) is 0 Å². The van der Waals surface area contributed by atoms with Crippen LogP contribution in [-0.4, -0.2) is 89.5 Å². The lowest BCUT2D eigenvalue weighted by molar-refractivity contribution is -0.130. The van der Waals surface area contributed by atoms with E-state index in [4.69, 9.17) is 9.47 Å². The van der Waals surface area contributed by atoms with Gasteiger partial charge in [-0.1, -0.05) is 18.2 Å². The van der Waals surface area contributed by atoms with Crippen LogP contribution < -0.4 is 15.5 Å². The van der Waals surface area contributed by atoms with Crippen LogP contribution in [0.4, 0.5) is 5.69 Å². The van der Waals surface area contributed by atoms with Crippen LogP contribution >= 0.6 is 24.0 Å². The molecule has 0 aromatic heterocycles. The first-order valence-electron chi connectivity index (χ1n) is 10.9. The van der Waals surface area contributed by atoms with Crippen LogP contribution in [0.15, 0.2) is 35.3 Å². The predicted molar refractivity (Wildman–Crippen MR) is 134 cm³/mol. The molecule has 9 heteroatoms. The molecule has 2 aliphatic rings. The molecular weight excluding hydrogens is 509 g/mol. The number of carbonyl (C=O) groups excluding carboxylic acids is 1. The molecule has 0 aliphatic carbocycles. The molecule has 2 heterocycles. The molecule has 0 saturated carbocycles. The van der Waals surface area contributed by atoms with Crippen LogP contribution in [0.25, 0.3) is 0 Å². The van der Waals surface area contributed by atoms with Gasteiger partial charge in [-0.3, -0.25) is 9.79 Å². The van der Waals surface area contributed by atoms with Crippen molar-refractivity contribution in [3.05, 3.63) is 30.3 Å². The molecule has 31 heavy (non-hydrogen) atoms. The van der Waals surface area contributed by atoms with Crippen molar-refractivity contribution in [1.82, 2.24) is 15.5 Å². The highest BCUT2D eigenvalue weighted by Crippen LogP contribution is 2.15. The predicted octanol–water partition coefficient (Wildman–Crippen LogP) is 1.56. The maximum absolute atomic E-state index is 12.5. The summed E-state index contributed by atoms with van der Waals surface area (Å²) in [7, 11) is 1.72. The largest absolute Gasteiger partial charge is 0.381 e. The number of para-hydroxylation sites is 1. The zero-order valence-electron chi connectivity index (χ0n) is 18.4. The number of rotatable bonds is 9. The van der Waals surface area contributed by atoms with Gasteiger partial charge >= 0.3 is 0 Å². The van der Waals surface area contributed by atoms with Gasteiger partial charge < -0.3 is 29.9 Å². The van der Waals surface area contributed by atoms with E-state index < -0.39 is 0 Å². The van der Waals surface area contributed by atoms with Crippen molar-refractivity contribution < 1.29 is 14.3 Å². The summed E-state index contributed by atoms with van der Waals surface area (Å²) in [6.45, 7) is 7.38. The van der Waals surface area contributed by atoms with Gasteiger partial charge in [-0.15, -0.1) is 24.0 Å². The van der Waals surface area contributed by atoms with Crippen LogP contribution in [0, 0.1) is 5.92 Å². The van der Waals surface area contributed by atoms with Crippen LogP contribution in [0.1, 0.15) is 12.8 Å². The first-order chi connectivity index (χ1) is 14.8. The van der Waals surface area contributed by atoms with Gasteiger partial charge in [0, 0.05) is 64.6 Å². The van der Waals surface area contributed by atoms with E-state index in [2.05, 4.69) is 32.7 Å². The minimum atomic E-state index is 0. The van der Waals surface area contributed by atoms with E-state index in [0.29, 0.717) is 18.5 Å². The van der Waals surface area contributed by atoms with Crippen molar-refractivity contribution in [2.45, 2.75) is 12.8 Å². The van der Waals surface area contributed by atoms with Crippen molar-refractivity contribution >= 4 is 41.5 Å². The minimum Gasteiger partial charge on any atom is -0.381 e. The molecule has 2 aliphatic heterocycles. The van der Waals surface area contributed by atoms with Crippen molar-refractivity contribution in [2.75, 3.05) is 77.6 Å². The Bertz CT molecular complexity index is 662. The summed E-state index contributed by atoms with van der Waals surface area (Å²) in [6.07, 6.45) is 1.99. The second-order valence-corrected chi connectivity index (χ2v) is 7.71. The first-order valence-corrected chi connectivity index (χ1v) is 10.9. The number of nitrogens with one attached hydrogen (secondary N) is 2. The van der Waals surface area contributed by atoms with E-state index >= 15 is 0 Å². The number of halogens is 1. The standard InChI is InChI=1S/C22H35N5O3.HI/c1-23-22(24-9-5-14-29-17-19-8-15-30-18-19)25-16-21(28)27-12-10-26(11-13-27)20-6-3-2-4-7-20;/h2-4,6-7,19H,5,8-18H2,1H3,(H2,23,24,25);1H. The third-order valence-electron chi connectivity index (χ3n) is 5.52. The lowest BCUT2D eigenvalue weighted by atomic mass is 10.1. The average molecular weight is 545 g/mol. The molecule has 0 radical (unpaired) electrons. The van der Waals surface area contributed by atoms with Crippen LogP contribution in [0.5, 0.6) is 0 Å². The number of hydrogen-bond acceptors (Lipinski definition) is 5. The molecule has 0 spiro atoms. The molecule has 1 amide bonds. The summed E-state index contributed by atoms with van der Waals surface area (Å²) in [6, 6.07) is 10.3. The quantitative estimate of drug-likeness (QED) is 0.212. The Hall–Kier alpha value is -1.59. The maximum atomic E-state index is 12.5. The molecule has 1 unspecified atom stereocenters. The monoisotopic (exact) mass is 545 g/mol. The Kier molecular flexibility index (Phi) is 12.0. The van der Waals surface area contributed by atoms with E-state index in [-0.39, 0.29) is 36.4 Å². The van der Waals surface area contributed by atoms with Gasteiger partial charge in [0.25, 0.3) is 0 Å². The maximum Gasteiger partial charge on any atom is 0.242 e. The number of nitrogens with zero attached hydrogens (tertiary/aromatic N) is 3. The van der Waals surface area contributed by atoms with Crippen LogP contribution in [-0.2, 0) is 14.3 Å². The van der Waals surface area contributed by atoms with Gasteiger partial charge in [0.05, 0.1) is 19.8 Å².